The quantitative estimate of drug-likeness (QED) is 0.290. The lowest BCUT2D eigenvalue weighted by atomic mass is 10.0. The van der Waals surface area contributed by atoms with Crippen molar-refractivity contribution in [1.82, 2.24) is 35.5 Å². The van der Waals surface area contributed by atoms with Gasteiger partial charge < -0.3 is 15.5 Å². The summed E-state index contributed by atoms with van der Waals surface area (Å²) in [6.45, 7) is 0. The minimum absolute atomic E-state index is 0.105. The van der Waals surface area contributed by atoms with Crippen molar-refractivity contribution in [3.8, 4) is 0 Å². The van der Waals surface area contributed by atoms with Crippen molar-refractivity contribution in [2.45, 2.75) is 22.5 Å². The summed E-state index contributed by atoms with van der Waals surface area (Å²) in [5, 5.41) is 38.2. The van der Waals surface area contributed by atoms with Crippen LogP contribution in [0.5, 0.6) is 0 Å². The van der Waals surface area contributed by atoms with Crippen molar-refractivity contribution in [2.75, 3.05) is 11.5 Å². The second-order valence-corrected chi connectivity index (χ2v) is 10.1. The van der Waals surface area contributed by atoms with E-state index in [0.717, 1.165) is 0 Å². The number of aromatic nitrogens is 5. The van der Waals surface area contributed by atoms with Crippen LogP contribution in [0.25, 0.3) is 5.65 Å². The van der Waals surface area contributed by atoms with Crippen LogP contribution in [0, 0.1) is 0 Å². The molecule has 15 heteroatoms. The van der Waals surface area contributed by atoms with Gasteiger partial charge in [-0.2, -0.15) is 0 Å². The average molecular weight is 534 g/mol. The van der Waals surface area contributed by atoms with Crippen molar-refractivity contribution >= 4 is 58.6 Å². The van der Waals surface area contributed by atoms with Gasteiger partial charge in [0.1, 0.15) is 22.1 Å². The molecule has 2 aromatic heterocycles. The SMILES string of the molecule is O=C(O)C1=C(CSc2ccc3nnnn3n2)CS[C@H]2C(NC(=O)C(O)c3ccccc3Cl)C(=O)N12. The molecule has 1 saturated heterocycles. The van der Waals surface area contributed by atoms with Crippen molar-refractivity contribution in [3.05, 3.63) is 58.3 Å². The van der Waals surface area contributed by atoms with Crippen LogP contribution in [0.15, 0.2) is 52.7 Å². The zero-order valence-corrected chi connectivity index (χ0v) is 20.0. The van der Waals surface area contributed by atoms with E-state index in [1.54, 1.807) is 30.3 Å². The number of fused-ring (bicyclic) bond motifs is 2. The van der Waals surface area contributed by atoms with Gasteiger partial charge in [-0.15, -0.1) is 38.4 Å². The highest BCUT2D eigenvalue weighted by Gasteiger charge is 2.54. The molecule has 2 amide bonds. The van der Waals surface area contributed by atoms with Crippen LogP contribution < -0.4 is 5.32 Å². The lowest BCUT2D eigenvalue weighted by Gasteiger charge is -2.49. The first-order chi connectivity index (χ1) is 16.8. The first kappa shape index (κ1) is 23.5. The molecule has 0 aliphatic carbocycles. The maximum atomic E-state index is 12.9. The molecule has 5 rings (SSSR count). The number of benzene rings is 1. The van der Waals surface area contributed by atoms with Crippen molar-refractivity contribution in [1.29, 1.82) is 0 Å². The minimum Gasteiger partial charge on any atom is -0.477 e. The van der Waals surface area contributed by atoms with E-state index < -0.39 is 35.3 Å². The fourth-order valence-corrected chi connectivity index (χ4v) is 6.31. The summed E-state index contributed by atoms with van der Waals surface area (Å²) < 4.78 is 1.27. The number of rotatable bonds is 7. The van der Waals surface area contributed by atoms with Crippen molar-refractivity contribution in [2.24, 2.45) is 0 Å². The van der Waals surface area contributed by atoms with Gasteiger partial charge in [0, 0.05) is 22.1 Å². The number of aliphatic hydroxyl groups excluding tert-OH is 1. The maximum Gasteiger partial charge on any atom is 0.352 e. The predicted molar refractivity (Wildman–Crippen MR) is 125 cm³/mol. The number of carbonyl (C=O) groups excluding carboxylic acids is 2. The number of aliphatic hydroxyl groups is 1. The standard InChI is InChI=1S/C20H16ClN7O5S2/c21-11-4-2-1-3-10(11)16(29)17(30)22-14-18(31)27-15(20(32)33)9(8-35-19(14)27)7-34-13-6-5-12-23-25-26-28(12)24-13/h1-6,14,16,19,29H,7-8H2,(H,22,30)(H,32,33)/t14?,16?,19-/m0/s1. The second-order valence-electron chi connectivity index (χ2n) is 7.56. The highest BCUT2D eigenvalue weighted by Crippen LogP contribution is 2.41. The van der Waals surface area contributed by atoms with E-state index >= 15 is 0 Å². The number of nitrogens with zero attached hydrogens (tertiary/aromatic N) is 6. The van der Waals surface area contributed by atoms with E-state index in [4.69, 9.17) is 11.6 Å². The van der Waals surface area contributed by atoms with Gasteiger partial charge in [0.15, 0.2) is 11.8 Å². The van der Waals surface area contributed by atoms with Crippen molar-refractivity contribution < 1.29 is 24.6 Å². The Morgan fingerprint density at radius 2 is 2.09 bits per heavy atom. The number of hydrogen-bond donors (Lipinski definition) is 3. The molecule has 2 aliphatic heterocycles. The van der Waals surface area contributed by atoms with Gasteiger partial charge >= 0.3 is 5.97 Å². The molecule has 1 fully saturated rings. The summed E-state index contributed by atoms with van der Waals surface area (Å²) in [7, 11) is 0. The first-order valence-electron chi connectivity index (χ1n) is 10.2. The topological polar surface area (TPSA) is 163 Å². The Hall–Kier alpha value is -3.20. The zero-order valence-electron chi connectivity index (χ0n) is 17.6. The van der Waals surface area contributed by atoms with Gasteiger partial charge in [-0.1, -0.05) is 29.8 Å². The van der Waals surface area contributed by atoms with Crippen LogP contribution in [0.3, 0.4) is 0 Å². The number of nitrogens with one attached hydrogen (secondary N) is 1. The fraction of sp³-hybridized carbons (Fsp3) is 0.250. The average Bonchev–Trinajstić information content (AvgIpc) is 3.33. The summed E-state index contributed by atoms with van der Waals surface area (Å²) in [5.74, 6) is -1.95. The maximum absolute atomic E-state index is 12.9. The van der Waals surface area contributed by atoms with Gasteiger partial charge in [-0.25, -0.2) is 4.79 Å². The van der Waals surface area contributed by atoms with E-state index in [1.807, 2.05) is 0 Å². The summed E-state index contributed by atoms with van der Waals surface area (Å²) in [4.78, 5) is 38.7. The van der Waals surface area contributed by atoms with Crippen LogP contribution >= 0.6 is 35.1 Å². The number of carboxylic acid groups (broad SMARTS) is 1. The molecular weight excluding hydrogens is 518 g/mol. The third-order valence-electron chi connectivity index (χ3n) is 5.44. The molecule has 3 atom stereocenters. The van der Waals surface area contributed by atoms with Crippen LogP contribution in [-0.4, -0.2) is 81.1 Å². The Morgan fingerprint density at radius 3 is 2.86 bits per heavy atom. The number of hydrogen-bond acceptors (Lipinski definition) is 10. The monoisotopic (exact) mass is 533 g/mol. The summed E-state index contributed by atoms with van der Waals surface area (Å²) >= 11 is 8.68. The molecule has 0 bridgehead atoms. The molecule has 0 spiro atoms. The van der Waals surface area contributed by atoms with Crippen LogP contribution in [0.1, 0.15) is 11.7 Å². The first-order valence-corrected chi connectivity index (χ1v) is 12.6. The number of amides is 2. The normalized spacial score (nSPS) is 20.4. The van der Waals surface area contributed by atoms with Gasteiger partial charge in [0.05, 0.1) is 0 Å². The molecule has 2 unspecified atom stereocenters. The second kappa shape index (κ2) is 9.45. The lowest BCUT2D eigenvalue weighted by Crippen LogP contribution is -2.70. The molecule has 180 valence electrons. The Kier molecular flexibility index (Phi) is 6.35. The number of halogens is 1. The largest absolute Gasteiger partial charge is 0.477 e. The van der Waals surface area contributed by atoms with Gasteiger partial charge in [0.2, 0.25) is 0 Å². The Balaban J connectivity index is 1.29. The fourth-order valence-electron chi connectivity index (χ4n) is 3.74. The van der Waals surface area contributed by atoms with Gasteiger partial charge in [0.25, 0.3) is 11.8 Å². The number of tetrazole rings is 1. The molecule has 4 heterocycles. The van der Waals surface area contributed by atoms with Crippen LogP contribution in [0.4, 0.5) is 0 Å². The van der Waals surface area contributed by atoms with Gasteiger partial charge in [-0.3, -0.25) is 14.5 Å². The van der Waals surface area contributed by atoms with Gasteiger partial charge in [-0.05, 0) is 34.2 Å². The smallest absolute Gasteiger partial charge is 0.352 e. The Labute approximate surface area is 210 Å². The predicted octanol–water partition coefficient (Wildman–Crippen LogP) is 0.737. The number of aliphatic carboxylic acids is 1. The summed E-state index contributed by atoms with van der Waals surface area (Å²) in [5.41, 5.74) is 1.14. The molecular formula is C20H16ClN7O5S2. The molecule has 2 aliphatic rings. The molecule has 0 saturated carbocycles. The highest BCUT2D eigenvalue weighted by atomic mass is 35.5. The molecule has 3 N–H and O–H groups in total. The number of thioether (sulfide) groups is 2. The molecule has 12 nitrogen and oxygen atoms in total. The lowest BCUT2D eigenvalue weighted by molar-refractivity contribution is -0.151. The number of carboxylic acids is 1. The number of carbonyl (C=O) groups is 3. The third-order valence-corrected chi connectivity index (χ3v) is 8.13. The minimum atomic E-state index is -1.56. The van der Waals surface area contributed by atoms with E-state index in [0.29, 0.717) is 22.0 Å². The highest BCUT2D eigenvalue weighted by molar-refractivity contribution is 8.01. The van der Waals surface area contributed by atoms with E-state index in [2.05, 4.69) is 25.9 Å². The van der Waals surface area contributed by atoms with Crippen molar-refractivity contribution in [3.63, 3.8) is 0 Å². The zero-order chi connectivity index (χ0) is 24.7. The van der Waals surface area contributed by atoms with Crippen LogP contribution in [-0.2, 0) is 14.4 Å². The summed E-state index contributed by atoms with van der Waals surface area (Å²) in [6, 6.07) is 8.80. The Bertz CT molecular complexity index is 1380. The molecule has 3 aromatic rings. The van der Waals surface area contributed by atoms with E-state index in [9.17, 15) is 24.6 Å². The number of β-lactam (4-membered cyclic amide) rings is 1. The molecule has 35 heavy (non-hydrogen) atoms. The molecule has 1 aromatic carbocycles. The molecule has 0 radical (unpaired) electrons. The third kappa shape index (κ3) is 4.33. The summed E-state index contributed by atoms with van der Waals surface area (Å²) in [6.07, 6.45) is -1.56. The Morgan fingerprint density at radius 1 is 1.29 bits per heavy atom. The van der Waals surface area contributed by atoms with Crippen LogP contribution in [0.2, 0.25) is 5.02 Å². The van der Waals surface area contributed by atoms with E-state index in [1.165, 1.54) is 39.1 Å². The van der Waals surface area contributed by atoms with E-state index in [-0.39, 0.29) is 22.0 Å².